The highest BCUT2D eigenvalue weighted by atomic mass is 127. The smallest absolute Gasteiger partial charge is 0.411 e. The van der Waals surface area contributed by atoms with Gasteiger partial charge in [0.05, 0.1) is 6.54 Å². The summed E-state index contributed by atoms with van der Waals surface area (Å²) in [7, 11) is 0. The van der Waals surface area contributed by atoms with Crippen molar-refractivity contribution in [1.29, 1.82) is 0 Å². The number of carboxylic acids is 1. The van der Waals surface area contributed by atoms with Gasteiger partial charge in [0.1, 0.15) is 11.6 Å². The predicted octanol–water partition coefficient (Wildman–Crippen LogP) is 3.04. The molecule has 1 unspecified atom stereocenters. The van der Waals surface area contributed by atoms with E-state index in [1.165, 1.54) is 4.90 Å². The number of ether oxygens (including phenoxy) is 1. The number of fused-ring (bicyclic) bond motifs is 1. The topological polar surface area (TPSA) is 66.8 Å². The van der Waals surface area contributed by atoms with Crippen molar-refractivity contribution in [1.82, 2.24) is 4.90 Å². The predicted molar refractivity (Wildman–Crippen MR) is 86.1 cm³/mol. The minimum atomic E-state index is -1.01. The molecule has 1 aromatic rings. The van der Waals surface area contributed by atoms with E-state index in [0.717, 1.165) is 14.7 Å². The fourth-order valence-electron chi connectivity index (χ4n) is 2.29. The van der Waals surface area contributed by atoms with Crippen LogP contribution in [0, 0.1) is 3.57 Å². The lowest BCUT2D eigenvalue weighted by Gasteiger charge is -2.35. The van der Waals surface area contributed by atoms with Crippen molar-refractivity contribution in [3.05, 3.63) is 32.9 Å². The molecule has 1 heterocycles. The van der Waals surface area contributed by atoms with Gasteiger partial charge < -0.3 is 9.84 Å². The second-order valence-electron chi connectivity index (χ2n) is 6.08. The van der Waals surface area contributed by atoms with Gasteiger partial charge in [-0.15, -0.1) is 0 Å². The summed E-state index contributed by atoms with van der Waals surface area (Å²) in [5.74, 6) is -1.01. The second-order valence-corrected chi connectivity index (χ2v) is 7.33. The van der Waals surface area contributed by atoms with Crippen molar-refractivity contribution in [2.75, 3.05) is 0 Å². The van der Waals surface area contributed by atoms with Gasteiger partial charge in [0, 0.05) is 9.99 Å². The van der Waals surface area contributed by atoms with E-state index in [1.54, 1.807) is 20.8 Å². The summed E-state index contributed by atoms with van der Waals surface area (Å²) in [6.45, 7) is 5.56. The Bertz CT molecular complexity index is 580. The first-order valence-electron chi connectivity index (χ1n) is 6.67. The van der Waals surface area contributed by atoms with Crippen LogP contribution in [0.15, 0.2) is 18.2 Å². The maximum Gasteiger partial charge on any atom is 0.411 e. The second kappa shape index (κ2) is 5.82. The van der Waals surface area contributed by atoms with Crippen LogP contribution in [0.5, 0.6) is 0 Å². The number of amides is 1. The molecule has 6 heteroatoms. The summed E-state index contributed by atoms with van der Waals surface area (Å²) >= 11 is 2.20. The van der Waals surface area contributed by atoms with Gasteiger partial charge in [0.15, 0.2) is 0 Å². The molecule has 1 N–H and O–H groups in total. The average molecular weight is 403 g/mol. The number of nitrogens with zero attached hydrogens (tertiary/aromatic N) is 1. The van der Waals surface area contributed by atoms with E-state index < -0.39 is 23.7 Å². The Balaban J connectivity index is 2.30. The molecule has 2 rings (SSSR count). The van der Waals surface area contributed by atoms with Crippen molar-refractivity contribution in [2.45, 2.75) is 45.4 Å². The fraction of sp³-hybridized carbons (Fsp3) is 0.467. The Morgan fingerprint density at radius 2 is 2.00 bits per heavy atom. The lowest BCUT2D eigenvalue weighted by Crippen LogP contribution is -2.50. The molecule has 0 radical (unpaired) electrons. The first-order valence-corrected chi connectivity index (χ1v) is 7.75. The van der Waals surface area contributed by atoms with Crippen LogP contribution in [-0.2, 0) is 22.5 Å². The molecule has 0 aliphatic carbocycles. The zero-order valence-electron chi connectivity index (χ0n) is 12.2. The van der Waals surface area contributed by atoms with Crippen LogP contribution in [0.2, 0.25) is 0 Å². The molecule has 0 saturated heterocycles. The largest absolute Gasteiger partial charge is 0.480 e. The molecule has 1 aromatic carbocycles. The molecular formula is C15H18INO4. The summed E-state index contributed by atoms with van der Waals surface area (Å²) < 4.78 is 6.38. The molecule has 1 aliphatic rings. The molecule has 0 fully saturated rings. The van der Waals surface area contributed by atoms with Crippen molar-refractivity contribution in [2.24, 2.45) is 0 Å². The number of hydrogen-bond donors (Lipinski definition) is 1. The minimum absolute atomic E-state index is 0.262. The molecule has 21 heavy (non-hydrogen) atoms. The van der Waals surface area contributed by atoms with Gasteiger partial charge in [-0.3, -0.25) is 4.90 Å². The summed E-state index contributed by atoms with van der Waals surface area (Å²) in [6.07, 6.45) is -0.277. The number of halogens is 1. The molecule has 0 bridgehead atoms. The fourth-order valence-corrected chi connectivity index (χ4v) is 2.84. The van der Waals surface area contributed by atoms with Gasteiger partial charge in [-0.2, -0.15) is 0 Å². The van der Waals surface area contributed by atoms with E-state index in [9.17, 15) is 14.7 Å². The number of aliphatic carboxylic acids is 1. The van der Waals surface area contributed by atoms with Gasteiger partial charge in [-0.25, -0.2) is 9.59 Å². The van der Waals surface area contributed by atoms with Crippen LogP contribution < -0.4 is 0 Å². The number of carbonyl (C=O) groups is 2. The number of carboxylic acid groups (broad SMARTS) is 1. The standard InChI is InChI=1S/C15H18INO4/c1-15(2,3)21-14(20)17-8-10-6-11(16)5-4-9(10)7-12(17)13(18)19/h4-6,12H,7-8H2,1-3H3,(H,18,19). The zero-order valence-corrected chi connectivity index (χ0v) is 14.4. The van der Waals surface area contributed by atoms with Crippen molar-refractivity contribution in [3.8, 4) is 0 Å². The van der Waals surface area contributed by atoms with Crippen molar-refractivity contribution < 1.29 is 19.4 Å². The van der Waals surface area contributed by atoms with Crippen LogP contribution >= 0.6 is 22.6 Å². The number of benzene rings is 1. The van der Waals surface area contributed by atoms with Crippen LogP contribution in [0.1, 0.15) is 31.9 Å². The lowest BCUT2D eigenvalue weighted by atomic mass is 9.94. The third kappa shape index (κ3) is 3.87. The summed E-state index contributed by atoms with van der Waals surface area (Å²) in [5.41, 5.74) is 1.30. The maximum absolute atomic E-state index is 12.3. The number of hydrogen-bond acceptors (Lipinski definition) is 3. The Morgan fingerprint density at radius 3 is 2.57 bits per heavy atom. The van der Waals surface area contributed by atoms with E-state index in [-0.39, 0.29) is 6.54 Å². The van der Waals surface area contributed by atoms with Gasteiger partial charge in [-0.05, 0) is 66.6 Å². The van der Waals surface area contributed by atoms with E-state index in [0.29, 0.717) is 6.42 Å². The summed E-state index contributed by atoms with van der Waals surface area (Å²) in [5, 5.41) is 9.39. The van der Waals surface area contributed by atoms with Crippen LogP contribution in [0.3, 0.4) is 0 Å². The first kappa shape index (κ1) is 16.1. The Labute approximate surface area is 137 Å². The first-order chi connectivity index (χ1) is 9.67. The molecule has 1 aliphatic heterocycles. The van der Waals surface area contributed by atoms with Crippen molar-refractivity contribution >= 4 is 34.7 Å². The Kier molecular flexibility index (Phi) is 4.46. The third-order valence-electron chi connectivity index (χ3n) is 3.21. The highest BCUT2D eigenvalue weighted by Crippen LogP contribution is 2.26. The number of rotatable bonds is 1. The molecule has 1 amide bonds. The van der Waals surface area contributed by atoms with Crippen LogP contribution in [0.25, 0.3) is 0 Å². The van der Waals surface area contributed by atoms with E-state index in [1.807, 2.05) is 18.2 Å². The van der Waals surface area contributed by atoms with Gasteiger partial charge >= 0.3 is 12.1 Å². The van der Waals surface area contributed by atoms with E-state index in [4.69, 9.17) is 4.74 Å². The van der Waals surface area contributed by atoms with Crippen LogP contribution in [0.4, 0.5) is 4.79 Å². The average Bonchev–Trinajstić information content (AvgIpc) is 2.34. The highest BCUT2D eigenvalue weighted by molar-refractivity contribution is 14.1. The quantitative estimate of drug-likeness (QED) is 0.733. The monoisotopic (exact) mass is 403 g/mol. The van der Waals surface area contributed by atoms with Crippen molar-refractivity contribution in [3.63, 3.8) is 0 Å². The molecule has 0 spiro atoms. The van der Waals surface area contributed by atoms with E-state index in [2.05, 4.69) is 22.6 Å². The molecule has 114 valence electrons. The molecule has 1 atom stereocenters. The number of carbonyl (C=O) groups excluding carboxylic acids is 1. The minimum Gasteiger partial charge on any atom is -0.480 e. The molecular weight excluding hydrogens is 385 g/mol. The lowest BCUT2D eigenvalue weighted by molar-refractivity contribution is -0.143. The Hall–Kier alpha value is -1.31. The Morgan fingerprint density at radius 1 is 1.33 bits per heavy atom. The molecule has 0 saturated carbocycles. The zero-order chi connectivity index (χ0) is 15.8. The third-order valence-corrected chi connectivity index (χ3v) is 3.88. The van der Waals surface area contributed by atoms with Gasteiger partial charge in [0.25, 0.3) is 0 Å². The highest BCUT2D eigenvalue weighted by Gasteiger charge is 2.36. The van der Waals surface area contributed by atoms with E-state index >= 15 is 0 Å². The van der Waals surface area contributed by atoms with Crippen LogP contribution in [-0.4, -0.2) is 33.7 Å². The maximum atomic E-state index is 12.3. The molecule has 5 nitrogen and oxygen atoms in total. The molecule has 0 aromatic heterocycles. The SMILES string of the molecule is CC(C)(C)OC(=O)N1Cc2cc(I)ccc2CC1C(=O)O. The normalized spacial score (nSPS) is 18.1. The van der Waals surface area contributed by atoms with Gasteiger partial charge in [0.2, 0.25) is 0 Å². The summed E-state index contributed by atoms with van der Waals surface area (Å²) in [4.78, 5) is 25.0. The summed E-state index contributed by atoms with van der Waals surface area (Å²) in [6, 6.07) is 4.97. The van der Waals surface area contributed by atoms with Gasteiger partial charge in [-0.1, -0.05) is 6.07 Å².